The van der Waals surface area contributed by atoms with Crippen LogP contribution in [-0.4, -0.2) is 16.1 Å². The van der Waals surface area contributed by atoms with Gasteiger partial charge >= 0.3 is 0 Å². The molecule has 0 unspecified atom stereocenters. The smallest absolute Gasteiger partial charge is 0.248 e. The first-order valence-corrected chi connectivity index (χ1v) is 4.70. The molecular weight excluding hydrogens is 281 g/mol. The number of halogens is 1. The van der Waals surface area contributed by atoms with Crippen molar-refractivity contribution in [1.82, 2.24) is 10.2 Å². The van der Waals surface area contributed by atoms with Gasteiger partial charge in [0.2, 0.25) is 5.91 Å². The number of nitrogens with one attached hydrogen (secondary N) is 1. The van der Waals surface area contributed by atoms with Crippen LogP contribution < -0.4 is 5.73 Å². The third kappa shape index (κ3) is 1.39. The summed E-state index contributed by atoms with van der Waals surface area (Å²) < 4.78 is 0.962. The molecule has 0 atom stereocenters. The summed E-state index contributed by atoms with van der Waals surface area (Å²) in [6.45, 7) is 0. The normalized spacial score (nSPS) is 10.5. The molecule has 0 spiro atoms. The van der Waals surface area contributed by atoms with Crippen LogP contribution in [0.1, 0.15) is 10.4 Å². The summed E-state index contributed by atoms with van der Waals surface area (Å²) >= 11 is 2.15. The van der Waals surface area contributed by atoms with Crippen LogP contribution in [0.3, 0.4) is 0 Å². The van der Waals surface area contributed by atoms with Crippen molar-refractivity contribution >= 4 is 39.4 Å². The number of H-pyrrole nitrogens is 1. The van der Waals surface area contributed by atoms with E-state index in [-0.39, 0.29) is 0 Å². The van der Waals surface area contributed by atoms with E-state index < -0.39 is 5.91 Å². The van der Waals surface area contributed by atoms with Crippen LogP contribution in [0.4, 0.5) is 0 Å². The molecule has 0 aliphatic carbocycles. The number of fused-ring (bicyclic) bond motifs is 1. The number of primary amides is 1. The van der Waals surface area contributed by atoms with E-state index >= 15 is 0 Å². The van der Waals surface area contributed by atoms with Gasteiger partial charge in [0.05, 0.1) is 5.52 Å². The molecule has 0 aliphatic rings. The van der Waals surface area contributed by atoms with E-state index in [4.69, 9.17) is 5.73 Å². The Kier molecular flexibility index (Phi) is 1.95. The van der Waals surface area contributed by atoms with Gasteiger partial charge in [-0.15, -0.1) is 0 Å². The number of amides is 1. The van der Waals surface area contributed by atoms with Crippen molar-refractivity contribution < 1.29 is 4.79 Å². The summed E-state index contributed by atoms with van der Waals surface area (Å²) in [5, 5.41) is 7.85. The minimum Gasteiger partial charge on any atom is -0.366 e. The summed E-state index contributed by atoms with van der Waals surface area (Å²) in [5.74, 6) is -0.431. The summed E-state index contributed by atoms with van der Waals surface area (Å²) in [6, 6.07) is 5.21. The maximum absolute atomic E-state index is 10.8. The molecule has 1 amide bonds. The van der Waals surface area contributed by atoms with Crippen LogP contribution in [0.5, 0.6) is 0 Å². The van der Waals surface area contributed by atoms with Crippen LogP contribution >= 0.6 is 22.6 Å². The molecule has 0 saturated heterocycles. The van der Waals surface area contributed by atoms with Crippen LogP contribution in [0.15, 0.2) is 18.2 Å². The molecule has 13 heavy (non-hydrogen) atoms. The molecule has 0 fully saturated rings. The molecule has 5 heteroatoms. The van der Waals surface area contributed by atoms with E-state index in [9.17, 15) is 4.79 Å². The average Bonchev–Trinajstić information content (AvgIpc) is 2.47. The summed E-state index contributed by atoms with van der Waals surface area (Å²) in [4.78, 5) is 10.8. The minimum absolute atomic E-state index is 0.431. The molecule has 0 aliphatic heterocycles. The number of hydrogen-bond acceptors (Lipinski definition) is 2. The lowest BCUT2D eigenvalue weighted by molar-refractivity contribution is 0.100. The fourth-order valence-electron chi connectivity index (χ4n) is 1.13. The van der Waals surface area contributed by atoms with E-state index in [1.54, 1.807) is 12.1 Å². The standard InChI is InChI=1S/C8H6IN3O/c9-7-5-2-1-4(8(10)13)3-6(5)11-12-7/h1-3H,(H2,10,13)(H,11,12). The van der Waals surface area contributed by atoms with Gasteiger partial charge in [0, 0.05) is 10.9 Å². The van der Waals surface area contributed by atoms with Gasteiger partial charge in [-0.25, -0.2) is 0 Å². The maximum atomic E-state index is 10.8. The fraction of sp³-hybridized carbons (Fsp3) is 0. The Hall–Kier alpha value is -1.11. The van der Waals surface area contributed by atoms with Crippen molar-refractivity contribution in [1.29, 1.82) is 0 Å². The number of nitrogens with two attached hydrogens (primary N) is 1. The Balaban J connectivity index is 2.70. The fourth-order valence-corrected chi connectivity index (χ4v) is 1.71. The van der Waals surface area contributed by atoms with Crippen LogP contribution in [0, 0.1) is 3.70 Å². The average molecular weight is 287 g/mol. The SMILES string of the molecule is NC(=O)c1ccc2c(I)[nH]nc2c1. The monoisotopic (exact) mass is 287 g/mol. The molecule has 1 heterocycles. The first-order chi connectivity index (χ1) is 6.18. The van der Waals surface area contributed by atoms with Gasteiger partial charge in [0.25, 0.3) is 0 Å². The van der Waals surface area contributed by atoms with Gasteiger partial charge in [0.15, 0.2) is 0 Å². The molecule has 2 aromatic rings. The van der Waals surface area contributed by atoms with Crippen molar-refractivity contribution in [3.05, 3.63) is 27.5 Å². The predicted molar refractivity (Wildman–Crippen MR) is 57.3 cm³/mol. The summed E-state index contributed by atoms with van der Waals surface area (Å²) in [7, 11) is 0. The number of hydrogen-bond donors (Lipinski definition) is 2. The van der Waals surface area contributed by atoms with Gasteiger partial charge in [-0.2, -0.15) is 5.10 Å². The van der Waals surface area contributed by atoms with E-state index in [0.29, 0.717) is 5.56 Å². The lowest BCUT2D eigenvalue weighted by atomic mass is 10.1. The van der Waals surface area contributed by atoms with E-state index in [0.717, 1.165) is 14.6 Å². The highest BCUT2D eigenvalue weighted by Crippen LogP contribution is 2.18. The molecule has 2 rings (SSSR count). The molecule has 1 aromatic heterocycles. The van der Waals surface area contributed by atoms with Crippen LogP contribution in [0.2, 0.25) is 0 Å². The molecule has 1 aromatic carbocycles. The second-order valence-corrected chi connectivity index (χ2v) is 3.71. The zero-order valence-corrected chi connectivity index (χ0v) is 8.70. The van der Waals surface area contributed by atoms with E-state index in [1.165, 1.54) is 0 Å². The Morgan fingerprint density at radius 3 is 3.00 bits per heavy atom. The van der Waals surface area contributed by atoms with Gasteiger partial charge in [-0.3, -0.25) is 9.89 Å². The number of aromatic amines is 1. The molecule has 66 valence electrons. The molecule has 0 radical (unpaired) electrons. The second-order valence-electron chi connectivity index (χ2n) is 2.63. The minimum atomic E-state index is -0.431. The van der Waals surface area contributed by atoms with Crippen LogP contribution in [-0.2, 0) is 0 Å². The Bertz CT molecular complexity index is 477. The van der Waals surface area contributed by atoms with E-state index in [2.05, 4.69) is 32.8 Å². The molecule has 3 N–H and O–H groups in total. The second kappa shape index (κ2) is 2.99. The van der Waals surface area contributed by atoms with Gasteiger partial charge in [0.1, 0.15) is 3.70 Å². The van der Waals surface area contributed by atoms with Gasteiger partial charge < -0.3 is 5.73 Å². The maximum Gasteiger partial charge on any atom is 0.248 e. The van der Waals surface area contributed by atoms with Crippen molar-refractivity contribution in [2.45, 2.75) is 0 Å². The number of aromatic nitrogens is 2. The number of rotatable bonds is 1. The van der Waals surface area contributed by atoms with Crippen molar-refractivity contribution in [2.75, 3.05) is 0 Å². The molecular formula is C8H6IN3O. The van der Waals surface area contributed by atoms with Crippen molar-refractivity contribution in [3.63, 3.8) is 0 Å². The topological polar surface area (TPSA) is 71.8 Å². The highest BCUT2D eigenvalue weighted by atomic mass is 127. The number of benzene rings is 1. The van der Waals surface area contributed by atoms with Crippen LogP contribution in [0.25, 0.3) is 10.9 Å². The number of nitrogens with zero attached hydrogens (tertiary/aromatic N) is 1. The Morgan fingerprint density at radius 1 is 1.54 bits per heavy atom. The highest BCUT2D eigenvalue weighted by Gasteiger charge is 2.05. The zero-order chi connectivity index (χ0) is 9.42. The van der Waals surface area contributed by atoms with E-state index in [1.807, 2.05) is 6.07 Å². The zero-order valence-electron chi connectivity index (χ0n) is 6.54. The summed E-state index contributed by atoms with van der Waals surface area (Å²) in [5.41, 5.74) is 6.38. The molecule has 4 nitrogen and oxygen atoms in total. The highest BCUT2D eigenvalue weighted by molar-refractivity contribution is 14.1. The summed E-state index contributed by atoms with van der Waals surface area (Å²) in [6.07, 6.45) is 0. The Morgan fingerprint density at radius 2 is 2.31 bits per heavy atom. The third-order valence-electron chi connectivity index (χ3n) is 1.79. The lowest BCUT2D eigenvalue weighted by Gasteiger charge is -1.93. The largest absolute Gasteiger partial charge is 0.366 e. The molecule has 0 saturated carbocycles. The number of carbonyl (C=O) groups excluding carboxylic acids is 1. The quantitative estimate of drug-likeness (QED) is 0.775. The third-order valence-corrected chi connectivity index (χ3v) is 2.62. The predicted octanol–water partition coefficient (Wildman–Crippen LogP) is 1.27. The van der Waals surface area contributed by atoms with Crippen molar-refractivity contribution in [3.8, 4) is 0 Å². The first kappa shape index (κ1) is 8.49. The lowest BCUT2D eigenvalue weighted by Crippen LogP contribution is -2.10. The Labute approximate surface area is 87.6 Å². The first-order valence-electron chi connectivity index (χ1n) is 3.62. The van der Waals surface area contributed by atoms with Gasteiger partial charge in [-0.05, 0) is 40.8 Å². The van der Waals surface area contributed by atoms with Gasteiger partial charge in [-0.1, -0.05) is 0 Å². The number of carbonyl (C=O) groups is 1. The molecule has 0 bridgehead atoms. The van der Waals surface area contributed by atoms with Crippen molar-refractivity contribution in [2.24, 2.45) is 5.73 Å².